The minimum atomic E-state index is -0.0903. The summed E-state index contributed by atoms with van der Waals surface area (Å²) in [6, 6.07) is 19.4. The van der Waals surface area contributed by atoms with Gasteiger partial charge >= 0.3 is 0 Å². The van der Waals surface area contributed by atoms with Crippen LogP contribution in [-0.2, 0) is 10.5 Å². The van der Waals surface area contributed by atoms with E-state index in [1.54, 1.807) is 23.5 Å². The lowest BCUT2D eigenvalue weighted by atomic mass is 9.96. The van der Waals surface area contributed by atoms with E-state index < -0.39 is 0 Å². The average molecular weight is 590 g/mol. The summed E-state index contributed by atoms with van der Waals surface area (Å²) in [5, 5.41) is 33.7. The largest absolute Gasteiger partial charge is 0.491 e. The van der Waals surface area contributed by atoms with Gasteiger partial charge in [-0.15, -0.1) is 11.3 Å². The summed E-state index contributed by atoms with van der Waals surface area (Å²) >= 11 is 9.00. The molecular weight excluding hydrogens is 566 g/mol. The molecule has 0 unspecified atom stereocenters. The fraction of sp³-hybridized carbons (Fsp3) is 0.241. The molecule has 0 aliphatic carbocycles. The molecule has 3 heterocycles. The van der Waals surface area contributed by atoms with E-state index in [2.05, 4.69) is 12.1 Å². The number of hydrogen-bond acceptors (Lipinski definition) is 10. The Morgan fingerprint density at radius 3 is 2.38 bits per heavy atom. The molecule has 1 aliphatic rings. The zero-order chi connectivity index (χ0) is 27.9. The normalized spacial score (nSPS) is 13.1. The van der Waals surface area contributed by atoms with E-state index in [0.717, 1.165) is 16.3 Å². The Labute approximate surface area is 245 Å². The number of anilines is 1. The molecule has 40 heavy (non-hydrogen) atoms. The number of aromatic nitrogens is 2. The summed E-state index contributed by atoms with van der Waals surface area (Å²) in [5.41, 5.74) is 3.80. The van der Waals surface area contributed by atoms with Crippen molar-refractivity contribution < 1.29 is 14.6 Å². The second-order valence-corrected chi connectivity index (χ2v) is 11.0. The molecule has 0 bridgehead atoms. The molecule has 0 radical (unpaired) electrons. The molecule has 2 aromatic heterocycles. The van der Waals surface area contributed by atoms with Gasteiger partial charge < -0.3 is 19.5 Å². The van der Waals surface area contributed by atoms with Gasteiger partial charge in [-0.25, -0.2) is 9.97 Å². The van der Waals surface area contributed by atoms with Gasteiger partial charge in [-0.05, 0) is 29.8 Å². The highest BCUT2D eigenvalue weighted by molar-refractivity contribution is 7.98. The predicted octanol–water partition coefficient (Wildman–Crippen LogP) is 5.77. The Hall–Kier alpha value is -3.64. The highest BCUT2D eigenvalue weighted by Crippen LogP contribution is 2.39. The van der Waals surface area contributed by atoms with Gasteiger partial charge in [0.05, 0.1) is 31.1 Å². The number of nitriles is 2. The van der Waals surface area contributed by atoms with Crippen molar-refractivity contribution in [1.82, 2.24) is 9.97 Å². The maximum absolute atomic E-state index is 10.3. The van der Waals surface area contributed by atoms with Crippen molar-refractivity contribution in [3.05, 3.63) is 75.8 Å². The summed E-state index contributed by atoms with van der Waals surface area (Å²) in [5.74, 6) is 1.64. The number of nitrogens with zero attached hydrogens (tertiary/aromatic N) is 5. The predicted molar refractivity (Wildman–Crippen MR) is 157 cm³/mol. The van der Waals surface area contributed by atoms with Crippen LogP contribution < -0.4 is 9.64 Å². The first-order valence-corrected chi connectivity index (χ1v) is 14.7. The second-order valence-electron chi connectivity index (χ2n) is 8.72. The second kappa shape index (κ2) is 13.1. The molecule has 202 valence electrons. The van der Waals surface area contributed by atoms with Crippen molar-refractivity contribution in [3.8, 4) is 39.6 Å². The van der Waals surface area contributed by atoms with Crippen molar-refractivity contribution in [2.75, 3.05) is 44.4 Å². The van der Waals surface area contributed by atoms with Crippen molar-refractivity contribution in [1.29, 1.82) is 10.5 Å². The van der Waals surface area contributed by atoms with Crippen LogP contribution in [0, 0.1) is 22.7 Å². The highest BCUT2D eigenvalue weighted by atomic mass is 35.5. The minimum absolute atomic E-state index is 0.0903. The SMILES string of the molecule is N#Cc1c(SCc2csc(-c3ccc(Cl)cc3)n2)nc(N2CCOCC2)c(C#N)c1-c1ccc(OCCO)cc1. The number of morpholine rings is 1. The minimum Gasteiger partial charge on any atom is -0.491 e. The van der Waals surface area contributed by atoms with Gasteiger partial charge in [0.25, 0.3) is 0 Å². The van der Waals surface area contributed by atoms with Gasteiger partial charge in [0.15, 0.2) is 0 Å². The van der Waals surface area contributed by atoms with Gasteiger partial charge in [-0.3, -0.25) is 0 Å². The first-order chi connectivity index (χ1) is 19.6. The van der Waals surface area contributed by atoms with Gasteiger partial charge in [0.2, 0.25) is 0 Å². The number of thioether (sulfide) groups is 1. The molecule has 1 fully saturated rings. The lowest BCUT2D eigenvalue weighted by Crippen LogP contribution is -2.37. The van der Waals surface area contributed by atoms with Gasteiger partial charge in [0, 0.05) is 40.4 Å². The monoisotopic (exact) mass is 589 g/mol. The molecule has 11 heteroatoms. The fourth-order valence-electron chi connectivity index (χ4n) is 4.28. The standard InChI is InChI=1S/C29H24ClN5O3S2/c30-21-5-1-20(2-6-21)28-33-22(17-39-28)18-40-29-25(16-32)26(19-3-7-23(8-4-19)38-14-11-36)24(15-31)27(34-29)35-9-12-37-13-10-35/h1-8,17,36H,9-14,18H2. The highest BCUT2D eigenvalue weighted by Gasteiger charge is 2.26. The summed E-state index contributed by atoms with van der Waals surface area (Å²) in [6.07, 6.45) is 0. The molecule has 0 atom stereocenters. The molecule has 8 nitrogen and oxygen atoms in total. The van der Waals surface area contributed by atoms with Crippen LogP contribution in [0.5, 0.6) is 5.75 Å². The third kappa shape index (κ3) is 6.23. The first kappa shape index (κ1) is 27.9. The van der Waals surface area contributed by atoms with Crippen molar-refractivity contribution in [3.63, 3.8) is 0 Å². The van der Waals surface area contributed by atoms with E-state index in [1.165, 1.54) is 11.8 Å². The number of rotatable bonds is 9. The Bertz CT molecular complexity index is 1560. The topological polar surface area (TPSA) is 115 Å². The van der Waals surface area contributed by atoms with Gasteiger partial charge in [0.1, 0.15) is 45.9 Å². The maximum atomic E-state index is 10.3. The molecule has 1 saturated heterocycles. The van der Waals surface area contributed by atoms with E-state index >= 15 is 0 Å². The van der Waals surface area contributed by atoms with Crippen LogP contribution >= 0.6 is 34.7 Å². The van der Waals surface area contributed by atoms with Gasteiger partial charge in [-0.2, -0.15) is 10.5 Å². The number of aliphatic hydroxyl groups is 1. The lowest BCUT2D eigenvalue weighted by Gasteiger charge is -2.29. The van der Waals surface area contributed by atoms with Crippen LogP contribution in [0.15, 0.2) is 58.9 Å². The van der Waals surface area contributed by atoms with Crippen LogP contribution in [0.4, 0.5) is 5.82 Å². The molecule has 4 aromatic rings. The third-order valence-electron chi connectivity index (χ3n) is 6.18. The Balaban J connectivity index is 1.52. The number of hydrogen-bond donors (Lipinski definition) is 1. The van der Waals surface area contributed by atoms with Crippen LogP contribution in [-0.4, -0.2) is 54.6 Å². The van der Waals surface area contributed by atoms with Crippen LogP contribution in [0.2, 0.25) is 5.02 Å². The average Bonchev–Trinajstić information content (AvgIpc) is 3.48. The molecule has 5 rings (SSSR count). The summed E-state index contributed by atoms with van der Waals surface area (Å²) in [6.45, 7) is 2.36. The van der Waals surface area contributed by atoms with Crippen LogP contribution in [0.1, 0.15) is 16.8 Å². The smallest absolute Gasteiger partial charge is 0.148 e. The molecular formula is C29H24ClN5O3S2. The first-order valence-electron chi connectivity index (χ1n) is 12.5. The Morgan fingerprint density at radius 1 is 1.00 bits per heavy atom. The molecule has 0 spiro atoms. The van der Waals surface area contributed by atoms with E-state index in [9.17, 15) is 10.5 Å². The summed E-state index contributed by atoms with van der Waals surface area (Å²) in [4.78, 5) is 11.7. The number of pyridine rings is 1. The van der Waals surface area contributed by atoms with Crippen LogP contribution in [0.25, 0.3) is 21.7 Å². The van der Waals surface area contributed by atoms with E-state index in [1.807, 2.05) is 46.7 Å². The third-order valence-corrected chi connectivity index (χ3v) is 8.38. The van der Waals surface area contributed by atoms with Crippen molar-refractivity contribution >= 4 is 40.5 Å². The fourth-order valence-corrected chi connectivity index (χ4v) is 6.21. The zero-order valence-corrected chi connectivity index (χ0v) is 23.7. The maximum Gasteiger partial charge on any atom is 0.148 e. The quantitative estimate of drug-likeness (QED) is 0.243. The molecule has 2 aromatic carbocycles. The van der Waals surface area contributed by atoms with E-state index in [4.69, 9.17) is 36.1 Å². The molecule has 1 N–H and O–H groups in total. The lowest BCUT2D eigenvalue weighted by molar-refractivity contribution is 0.122. The number of thiazole rings is 1. The summed E-state index contributed by atoms with van der Waals surface area (Å²) < 4.78 is 11.0. The number of ether oxygens (including phenoxy) is 2. The van der Waals surface area contributed by atoms with E-state index in [-0.39, 0.29) is 13.2 Å². The molecule has 1 aliphatic heterocycles. The van der Waals surface area contributed by atoms with Crippen LogP contribution in [0.3, 0.4) is 0 Å². The van der Waals surface area contributed by atoms with Crippen molar-refractivity contribution in [2.45, 2.75) is 10.8 Å². The number of aliphatic hydroxyl groups excluding tert-OH is 1. The van der Waals surface area contributed by atoms with E-state index in [0.29, 0.717) is 75.9 Å². The van der Waals surface area contributed by atoms with Gasteiger partial charge in [-0.1, -0.05) is 47.6 Å². The Morgan fingerprint density at radius 2 is 1.70 bits per heavy atom. The molecule has 0 amide bonds. The van der Waals surface area contributed by atoms with Crippen molar-refractivity contribution in [2.24, 2.45) is 0 Å². The molecule has 0 saturated carbocycles. The number of halogens is 1. The zero-order valence-electron chi connectivity index (χ0n) is 21.3. The summed E-state index contributed by atoms with van der Waals surface area (Å²) in [7, 11) is 0. The number of benzene rings is 2. The Kier molecular flexibility index (Phi) is 9.17.